The van der Waals surface area contributed by atoms with Gasteiger partial charge >= 0.3 is 0 Å². The Balaban J connectivity index is 1.37. The molecule has 2 atom stereocenters. The first-order valence-corrected chi connectivity index (χ1v) is 9.33. The number of halogens is 2. The van der Waals surface area contributed by atoms with Gasteiger partial charge in [-0.15, -0.1) is 0 Å². The Morgan fingerprint density at radius 2 is 1.31 bits per heavy atom. The molecule has 3 rings (SSSR count). The van der Waals surface area contributed by atoms with E-state index in [9.17, 15) is 9.59 Å². The van der Waals surface area contributed by atoms with Crippen LogP contribution in [0.1, 0.15) is 17.5 Å². The summed E-state index contributed by atoms with van der Waals surface area (Å²) >= 11 is 11.7. The molecule has 1 aliphatic rings. The minimum atomic E-state index is -0.224. The van der Waals surface area contributed by atoms with Crippen molar-refractivity contribution in [2.45, 2.75) is 19.4 Å². The highest BCUT2D eigenvalue weighted by Gasteiger charge is 2.47. The summed E-state index contributed by atoms with van der Waals surface area (Å²) in [4.78, 5) is 24.3. The lowest BCUT2D eigenvalue weighted by molar-refractivity contribution is -0.127. The summed E-state index contributed by atoms with van der Waals surface area (Å²) in [5.41, 5.74) is 2.09. The van der Waals surface area contributed by atoms with Gasteiger partial charge in [0.1, 0.15) is 0 Å². The van der Waals surface area contributed by atoms with Crippen molar-refractivity contribution < 1.29 is 9.59 Å². The average Bonchev–Trinajstić information content (AvgIpc) is 3.43. The van der Waals surface area contributed by atoms with Crippen molar-refractivity contribution >= 4 is 35.0 Å². The highest BCUT2D eigenvalue weighted by atomic mass is 35.5. The molecule has 136 valence electrons. The Kier molecular flexibility index (Phi) is 6.17. The molecule has 2 aromatic rings. The zero-order chi connectivity index (χ0) is 18.5. The third-order valence-electron chi connectivity index (χ3n) is 4.47. The molecule has 1 aliphatic carbocycles. The molecule has 0 bridgehead atoms. The van der Waals surface area contributed by atoms with Crippen LogP contribution in [0.3, 0.4) is 0 Å². The molecule has 4 nitrogen and oxygen atoms in total. The van der Waals surface area contributed by atoms with Crippen molar-refractivity contribution in [3.63, 3.8) is 0 Å². The van der Waals surface area contributed by atoms with Crippen LogP contribution in [-0.4, -0.2) is 18.4 Å². The van der Waals surface area contributed by atoms with E-state index in [0.717, 1.165) is 17.5 Å². The van der Waals surface area contributed by atoms with E-state index in [-0.39, 0.29) is 23.7 Å². The van der Waals surface area contributed by atoms with Crippen molar-refractivity contribution in [3.8, 4) is 0 Å². The summed E-state index contributed by atoms with van der Waals surface area (Å²) in [6, 6.07) is 14.9. The lowest BCUT2D eigenvalue weighted by Crippen LogP contribution is -2.31. The molecular weight excluding hydrogens is 371 g/mol. The number of nitrogens with one attached hydrogen (secondary N) is 2. The Morgan fingerprint density at radius 1 is 0.808 bits per heavy atom. The molecule has 2 unspecified atom stereocenters. The Labute approximate surface area is 162 Å². The maximum atomic E-state index is 12.2. The molecule has 6 heteroatoms. The molecular formula is C20H20Cl2N2O2. The zero-order valence-electron chi connectivity index (χ0n) is 14.2. The van der Waals surface area contributed by atoms with Crippen LogP contribution in [0.25, 0.3) is 0 Å². The smallest absolute Gasteiger partial charge is 0.224 e. The normalized spacial score (nSPS) is 18.2. The van der Waals surface area contributed by atoms with Crippen molar-refractivity contribution in [1.29, 1.82) is 0 Å². The van der Waals surface area contributed by atoms with Crippen LogP contribution in [0, 0.1) is 11.8 Å². The van der Waals surface area contributed by atoms with Crippen LogP contribution in [0.4, 0.5) is 0 Å². The second-order valence-electron chi connectivity index (χ2n) is 6.46. The van der Waals surface area contributed by atoms with Gasteiger partial charge in [0.2, 0.25) is 11.8 Å². The quantitative estimate of drug-likeness (QED) is 0.758. The van der Waals surface area contributed by atoms with Gasteiger partial charge in [-0.1, -0.05) is 47.5 Å². The monoisotopic (exact) mass is 390 g/mol. The van der Waals surface area contributed by atoms with Gasteiger partial charge in [0.25, 0.3) is 0 Å². The SMILES string of the molecule is O=C(NCCc1ccc(Cl)cc1)C1CC1C(=O)NCc1ccc(Cl)cc1. The van der Waals surface area contributed by atoms with Crippen molar-refractivity contribution in [2.24, 2.45) is 11.8 Å². The summed E-state index contributed by atoms with van der Waals surface area (Å²) in [6.07, 6.45) is 1.35. The molecule has 1 saturated carbocycles. The fourth-order valence-corrected chi connectivity index (χ4v) is 3.06. The van der Waals surface area contributed by atoms with E-state index in [1.165, 1.54) is 0 Å². The summed E-state index contributed by atoms with van der Waals surface area (Å²) in [5.74, 6) is -0.563. The molecule has 1 fully saturated rings. The molecule has 0 aromatic heterocycles. The van der Waals surface area contributed by atoms with E-state index < -0.39 is 0 Å². The minimum absolute atomic E-state index is 0.0504. The van der Waals surface area contributed by atoms with Gasteiger partial charge in [-0.3, -0.25) is 9.59 Å². The second kappa shape index (κ2) is 8.56. The predicted molar refractivity (Wildman–Crippen MR) is 103 cm³/mol. The minimum Gasteiger partial charge on any atom is -0.356 e. The van der Waals surface area contributed by atoms with Crippen LogP contribution >= 0.6 is 23.2 Å². The zero-order valence-corrected chi connectivity index (χ0v) is 15.7. The first-order chi connectivity index (χ1) is 12.5. The van der Waals surface area contributed by atoms with Gasteiger partial charge in [-0.25, -0.2) is 0 Å². The summed E-state index contributed by atoms with van der Waals surface area (Å²) in [7, 11) is 0. The number of hydrogen-bond donors (Lipinski definition) is 2. The van der Waals surface area contributed by atoms with Gasteiger partial charge in [-0.2, -0.15) is 0 Å². The number of amides is 2. The van der Waals surface area contributed by atoms with Gasteiger partial charge in [0, 0.05) is 23.1 Å². The van der Waals surface area contributed by atoms with Crippen LogP contribution in [-0.2, 0) is 22.6 Å². The topological polar surface area (TPSA) is 58.2 Å². The Hall–Kier alpha value is -2.04. The molecule has 0 aliphatic heterocycles. The van der Waals surface area contributed by atoms with Crippen LogP contribution in [0.15, 0.2) is 48.5 Å². The van der Waals surface area contributed by atoms with Crippen LogP contribution in [0.5, 0.6) is 0 Å². The molecule has 2 amide bonds. The standard InChI is InChI=1S/C20H20Cl2N2O2/c21-15-5-1-13(2-6-15)9-10-23-19(25)17-11-18(17)20(26)24-12-14-3-7-16(22)8-4-14/h1-8,17-18H,9-12H2,(H,23,25)(H,24,26). The van der Waals surface area contributed by atoms with Gasteiger partial charge in [0.15, 0.2) is 0 Å². The first kappa shape index (κ1) is 18.7. The maximum absolute atomic E-state index is 12.2. The van der Waals surface area contributed by atoms with E-state index in [1.807, 2.05) is 36.4 Å². The molecule has 0 saturated heterocycles. The fraction of sp³-hybridized carbons (Fsp3) is 0.300. The second-order valence-corrected chi connectivity index (χ2v) is 7.33. The summed E-state index contributed by atoms with van der Waals surface area (Å²) < 4.78 is 0. The number of carbonyl (C=O) groups is 2. The number of hydrogen-bond acceptors (Lipinski definition) is 2. The van der Waals surface area contributed by atoms with E-state index >= 15 is 0 Å². The third-order valence-corrected chi connectivity index (χ3v) is 4.97. The number of rotatable bonds is 7. The Bertz CT molecular complexity index is 775. The summed E-state index contributed by atoms with van der Waals surface area (Å²) in [6.45, 7) is 0.994. The Morgan fingerprint density at radius 3 is 1.88 bits per heavy atom. The lowest BCUT2D eigenvalue weighted by Gasteiger charge is -2.07. The van der Waals surface area contributed by atoms with Gasteiger partial charge in [0.05, 0.1) is 11.8 Å². The van der Waals surface area contributed by atoms with Crippen molar-refractivity contribution in [3.05, 3.63) is 69.7 Å². The molecule has 0 radical (unpaired) electrons. The molecule has 0 spiro atoms. The van der Waals surface area contributed by atoms with Crippen LogP contribution < -0.4 is 10.6 Å². The maximum Gasteiger partial charge on any atom is 0.224 e. The fourth-order valence-electron chi connectivity index (χ4n) is 2.81. The van der Waals surface area contributed by atoms with Gasteiger partial charge in [-0.05, 0) is 48.2 Å². The van der Waals surface area contributed by atoms with E-state index in [2.05, 4.69) is 10.6 Å². The average molecular weight is 391 g/mol. The molecule has 2 aromatic carbocycles. The lowest BCUT2D eigenvalue weighted by atomic mass is 10.1. The molecule has 26 heavy (non-hydrogen) atoms. The first-order valence-electron chi connectivity index (χ1n) is 8.57. The highest BCUT2D eigenvalue weighted by molar-refractivity contribution is 6.30. The van der Waals surface area contributed by atoms with Crippen molar-refractivity contribution in [1.82, 2.24) is 10.6 Å². The van der Waals surface area contributed by atoms with Crippen molar-refractivity contribution in [2.75, 3.05) is 6.54 Å². The number of benzene rings is 2. The summed E-state index contributed by atoms with van der Waals surface area (Å²) in [5, 5.41) is 7.15. The largest absolute Gasteiger partial charge is 0.356 e. The third kappa shape index (κ3) is 5.23. The highest BCUT2D eigenvalue weighted by Crippen LogP contribution is 2.38. The molecule has 0 heterocycles. The molecule has 2 N–H and O–H groups in total. The van der Waals surface area contributed by atoms with E-state index in [1.54, 1.807) is 12.1 Å². The van der Waals surface area contributed by atoms with Crippen LogP contribution in [0.2, 0.25) is 10.0 Å². The van der Waals surface area contributed by atoms with Gasteiger partial charge < -0.3 is 10.6 Å². The predicted octanol–water partition coefficient (Wildman–Crippen LogP) is 3.60. The van der Waals surface area contributed by atoms with E-state index in [0.29, 0.717) is 29.6 Å². The van der Waals surface area contributed by atoms with E-state index in [4.69, 9.17) is 23.2 Å². The number of carbonyl (C=O) groups excluding carboxylic acids is 2.